The molecule has 2 aliphatic heterocycles. The van der Waals surface area contributed by atoms with Gasteiger partial charge in [-0.1, -0.05) is 12.1 Å². The highest BCUT2D eigenvalue weighted by atomic mass is 16.5. The molecule has 2 aliphatic rings. The predicted molar refractivity (Wildman–Crippen MR) is 110 cm³/mol. The van der Waals surface area contributed by atoms with E-state index in [9.17, 15) is 19.5 Å². The third-order valence-corrected chi connectivity index (χ3v) is 5.71. The summed E-state index contributed by atoms with van der Waals surface area (Å²) in [6.07, 6.45) is 2.85. The van der Waals surface area contributed by atoms with E-state index in [1.165, 1.54) is 10.6 Å². The number of nitrogens with zero attached hydrogens (tertiary/aromatic N) is 3. The first-order valence-corrected chi connectivity index (χ1v) is 10.1. The van der Waals surface area contributed by atoms with Crippen molar-refractivity contribution in [3.05, 3.63) is 63.1 Å². The molecule has 0 spiro atoms. The molecule has 4 rings (SSSR count). The summed E-state index contributed by atoms with van der Waals surface area (Å²) in [7, 11) is 1.62. The van der Waals surface area contributed by atoms with Crippen molar-refractivity contribution in [3.63, 3.8) is 0 Å². The van der Waals surface area contributed by atoms with Gasteiger partial charge in [0, 0.05) is 46.0 Å². The third-order valence-electron chi connectivity index (χ3n) is 5.71. The molecule has 0 bridgehead atoms. The van der Waals surface area contributed by atoms with E-state index in [0.717, 1.165) is 17.5 Å². The van der Waals surface area contributed by atoms with Crippen molar-refractivity contribution in [2.24, 2.45) is 7.05 Å². The van der Waals surface area contributed by atoms with Crippen LogP contribution in [-0.4, -0.2) is 64.1 Å². The first-order valence-electron chi connectivity index (χ1n) is 10.1. The van der Waals surface area contributed by atoms with Crippen molar-refractivity contribution < 1.29 is 19.4 Å². The van der Waals surface area contributed by atoms with Crippen LogP contribution in [0.1, 0.15) is 38.3 Å². The number of benzene rings is 1. The van der Waals surface area contributed by atoms with Gasteiger partial charge in [0.25, 0.3) is 17.4 Å². The molecule has 30 heavy (non-hydrogen) atoms. The Labute approximate surface area is 174 Å². The standard InChI is InChI=1S/C22H25N3O5/c1-23-13-15-14-25(20(27)17-5-2-3-6-18(17)26)9-7-16(15)19(21(23)28)22(29)24-8-4-11-30-12-10-24/h2-3,5-6,13,26H,4,7-12,14H2,1H3. The highest BCUT2D eigenvalue weighted by Gasteiger charge is 2.30. The van der Waals surface area contributed by atoms with Gasteiger partial charge in [-0.15, -0.1) is 0 Å². The minimum Gasteiger partial charge on any atom is -0.507 e. The van der Waals surface area contributed by atoms with Gasteiger partial charge in [-0.3, -0.25) is 14.4 Å². The summed E-state index contributed by atoms with van der Waals surface area (Å²) in [5.74, 6) is -0.600. The second-order valence-electron chi connectivity index (χ2n) is 7.68. The van der Waals surface area contributed by atoms with Crippen LogP contribution in [0.3, 0.4) is 0 Å². The maximum Gasteiger partial charge on any atom is 0.263 e. The topological polar surface area (TPSA) is 92.1 Å². The fourth-order valence-corrected chi connectivity index (χ4v) is 4.12. The lowest BCUT2D eigenvalue weighted by Gasteiger charge is -2.31. The lowest BCUT2D eigenvalue weighted by Crippen LogP contribution is -2.42. The quantitative estimate of drug-likeness (QED) is 0.801. The molecule has 2 amide bonds. The minimum atomic E-state index is -0.315. The van der Waals surface area contributed by atoms with Crippen LogP contribution in [0, 0.1) is 0 Å². The molecule has 0 radical (unpaired) electrons. The predicted octanol–water partition coefficient (Wildman–Crippen LogP) is 1.15. The maximum absolute atomic E-state index is 13.2. The van der Waals surface area contributed by atoms with E-state index in [1.807, 2.05) is 0 Å². The van der Waals surface area contributed by atoms with Crippen LogP contribution in [-0.2, 0) is 24.8 Å². The van der Waals surface area contributed by atoms with Crippen molar-refractivity contribution in [1.29, 1.82) is 0 Å². The molecule has 1 fully saturated rings. The first-order chi connectivity index (χ1) is 14.5. The number of phenolic OH excluding ortho intramolecular Hbond substituents is 1. The SMILES string of the molecule is Cn1cc2c(c(C(=O)N3CCCOCC3)c1=O)CCN(C(=O)c1ccccc1O)C2. The highest BCUT2D eigenvalue weighted by molar-refractivity contribution is 5.98. The molecule has 1 aromatic carbocycles. The Morgan fingerprint density at radius 2 is 1.83 bits per heavy atom. The Hall–Kier alpha value is -3.13. The zero-order chi connectivity index (χ0) is 21.3. The minimum absolute atomic E-state index is 0.0620. The number of fused-ring (bicyclic) bond motifs is 1. The molecule has 8 heteroatoms. The molecule has 8 nitrogen and oxygen atoms in total. The van der Waals surface area contributed by atoms with E-state index in [1.54, 1.807) is 41.2 Å². The Morgan fingerprint density at radius 1 is 1.03 bits per heavy atom. The van der Waals surface area contributed by atoms with Gasteiger partial charge >= 0.3 is 0 Å². The van der Waals surface area contributed by atoms with Crippen molar-refractivity contribution >= 4 is 11.8 Å². The van der Waals surface area contributed by atoms with E-state index in [-0.39, 0.29) is 40.8 Å². The molecule has 2 aromatic rings. The van der Waals surface area contributed by atoms with Gasteiger partial charge in [0.1, 0.15) is 11.3 Å². The van der Waals surface area contributed by atoms with Crippen LogP contribution < -0.4 is 5.56 Å². The average molecular weight is 411 g/mol. The molecular formula is C22H25N3O5. The monoisotopic (exact) mass is 411 g/mol. The Balaban J connectivity index is 1.66. The number of carbonyl (C=O) groups is 2. The fourth-order valence-electron chi connectivity index (χ4n) is 4.12. The van der Waals surface area contributed by atoms with Crippen LogP contribution >= 0.6 is 0 Å². The molecule has 0 saturated carbocycles. The molecule has 1 N–H and O–H groups in total. The summed E-state index contributed by atoms with van der Waals surface area (Å²) in [6.45, 7) is 2.74. The Bertz CT molecular complexity index is 1040. The number of rotatable bonds is 2. The summed E-state index contributed by atoms with van der Waals surface area (Å²) in [5.41, 5.74) is 1.62. The number of aryl methyl sites for hydroxylation is 1. The van der Waals surface area contributed by atoms with Crippen molar-refractivity contribution in [2.45, 2.75) is 19.4 Å². The number of carbonyl (C=O) groups excluding carboxylic acids is 2. The summed E-state index contributed by atoms with van der Waals surface area (Å²) < 4.78 is 6.84. The average Bonchev–Trinajstić information content (AvgIpc) is 3.03. The van der Waals surface area contributed by atoms with Gasteiger partial charge in [0.2, 0.25) is 0 Å². The van der Waals surface area contributed by atoms with E-state index in [4.69, 9.17) is 4.74 Å². The molecule has 0 unspecified atom stereocenters. The number of pyridine rings is 1. The van der Waals surface area contributed by atoms with E-state index in [0.29, 0.717) is 39.3 Å². The van der Waals surface area contributed by atoms with Gasteiger partial charge in [0.15, 0.2) is 0 Å². The normalized spacial score (nSPS) is 16.7. The number of para-hydroxylation sites is 1. The van der Waals surface area contributed by atoms with Gasteiger partial charge in [0.05, 0.1) is 12.2 Å². The van der Waals surface area contributed by atoms with Crippen molar-refractivity contribution in [1.82, 2.24) is 14.4 Å². The smallest absolute Gasteiger partial charge is 0.263 e. The lowest BCUT2D eigenvalue weighted by atomic mass is 9.95. The fraction of sp³-hybridized carbons (Fsp3) is 0.409. The Kier molecular flexibility index (Phi) is 5.59. The molecule has 3 heterocycles. The van der Waals surface area contributed by atoms with Gasteiger partial charge in [-0.2, -0.15) is 0 Å². The van der Waals surface area contributed by atoms with Crippen molar-refractivity contribution in [3.8, 4) is 5.75 Å². The van der Waals surface area contributed by atoms with E-state index >= 15 is 0 Å². The van der Waals surface area contributed by atoms with Crippen molar-refractivity contribution in [2.75, 3.05) is 32.8 Å². The molecule has 0 aliphatic carbocycles. The van der Waals surface area contributed by atoms with Crippen LogP contribution in [0.4, 0.5) is 0 Å². The number of aromatic nitrogens is 1. The second kappa shape index (κ2) is 8.31. The zero-order valence-electron chi connectivity index (χ0n) is 17.0. The summed E-state index contributed by atoms with van der Waals surface area (Å²) in [4.78, 5) is 42.3. The largest absolute Gasteiger partial charge is 0.507 e. The van der Waals surface area contributed by atoms with Crippen LogP contribution in [0.25, 0.3) is 0 Å². The highest BCUT2D eigenvalue weighted by Crippen LogP contribution is 2.25. The van der Waals surface area contributed by atoms with Crippen LogP contribution in [0.5, 0.6) is 5.75 Å². The molecule has 158 valence electrons. The maximum atomic E-state index is 13.2. The molecular weight excluding hydrogens is 386 g/mol. The lowest BCUT2D eigenvalue weighted by molar-refractivity contribution is 0.0725. The number of phenols is 1. The molecule has 1 aromatic heterocycles. The van der Waals surface area contributed by atoms with E-state index < -0.39 is 0 Å². The molecule has 0 atom stereocenters. The number of amides is 2. The van der Waals surface area contributed by atoms with Crippen LogP contribution in [0.2, 0.25) is 0 Å². The van der Waals surface area contributed by atoms with Gasteiger partial charge in [-0.05, 0) is 36.1 Å². The summed E-state index contributed by atoms with van der Waals surface area (Å²) in [5, 5.41) is 10.0. The second-order valence-corrected chi connectivity index (χ2v) is 7.68. The summed E-state index contributed by atoms with van der Waals surface area (Å²) in [6, 6.07) is 6.44. The first kappa shape index (κ1) is 20.2. The van der Waals surface area contributed by atoms with Crippen LogP contribution in [0.15, 0.2) is 35.3 Å². The number of hydrogen-bond donors (Lipinski definition) is 1. The third kappa shape index (κ3) is 3.70. The zero-order valence-corrected chi connectivity index (χ0v) is 17.0. The van der Waals surface area contributed by atoms with E-state index in [2.05, 4.69) is 0 Å². The molecule has 1 saturated heterocycles. The Morgan fingerprint density at radius 3 is 2.63 bits per heavy atom. The van der Waals surface area contributed by atoms with Gasteiger partial charge < -0.3 is 24.2 Å². The number of aromatic hydroxyl groups is 1. The number of ether oxygens (including phenoxy) is 1. The summed E-state index contributed by atoms with van der Waals surface area (Å²) >= 11 is 0. The number of hydrogen-bond acceptors (Lipinski definition) is 5. The van der Waals surface area contributed by atoms with Gasteiger partial charge in [-0.25, -0.2) is 0 Å².